The predicted molar refractivity (Wildman–Crippen MR) is 102 cm³/mol. The molecule has 130 valence electrons. The van der Waals surface area contributed by atoms with E-state index in [-0.39, 0.29) is 11.9 Å². The van der Waals surface area contributed by atoms with Gasteiger partial charge in [0.1, 0.15) is 22.0 Å². The maximum Gasteiger partial charge on any atom is 0.271 e. The van der Waals surface area contributed by atoms with E-state index >= 15 is 0 Å². The quantitative estimate of drug-likeness (QED) is 0.568. The van der Waals surface area contributed by atoms with Crippen molar-refractivity contribution in [3.05, 3.63) is 71.1 Å². The lowest BCUT2D eigenvalue weighted by Crippen LogP contribution is -2.27. The second-order valence-corrected chi connectivity index (χ2v) is 6.89. The molecule has 0 fully saturated rings. The second-order valence-electron chi connectivity index (χ2n) is 6.04. The minimum absolute atomic E-state index is 0.226. The SMILES string of the molecule is Cc1c([C@@H](C)NC(=O)c2csc(-c3ccccn3)n2)oc2ccccc12. The van der Waals surface area contributed by atoms with Crippen molar-refractivity contribution in [3.63, 3.8) is 0 Å². The number of fused-ring (bicyclic) bond motifs is 1. The average Bonchev–Trinajstić information content (AvgIpc) is 3.28. The summed E-state index contributed by atoms with van der Waals surface area (Å²) in [5.41, 5.74) is 3.02. The maximum atomic E-state index is 12.6. The summed E-state index contributed by atoms with van der Waals surface area (Å²) < 4.78 is 5.93. The number of carbonyl (C=O) groups excluding carboxylic acids is 1. The van der Waals surface area contributed by atoms with Crippen molar-refractivity contribution in [1.82, 2.24) is 15.3 Å². The third kappa shape index (κ3) is 2.99. The maximum absolute atomic E-state index is 12.6. The molecule has 4 rings (SSSR count). The van der Waals surface area contributed by atoms with E-state index in [1.165, 1.54) is 11.3 Å². The first-order chi connectivity index (χ1) is 12.6. The lowest BCUT2D eigenvalue weighted by atomic mass is 10.1. The number of para-hydroxylation sites is 1. The van der Waals surface area contributed by atoms with Gasteiger partial charge in [-0.25, -0.2) is 4.98 Å². The third-order valence-electron chi connectivity index (χ3n) is 4.24. The zero-order chi connectivity index (χ0) is 18.1. The number of carbonyl (C=O) groups is 1. The average molecular weight is 363 g/mol. The van der Waals surface area contributed by atoms with Gasteiger partial charge in [0, 0.05) is 22.5 Å². The Morgan fingerprint density at radius 2 is 2.00 bits per heavy atom. The third-order valence-corrected chi connectivity index (χ3v) is 5.11. The summed E-state index contributed by atoms with van der Waals surface area (Å²) in [6.45, 7) is 3.92. The Balaban J connectivity index is 1.54. The van der Waals surface area contributed by atoms with Crippen LogP contribution in [-0.2, 0) is 0 Å². The largest absolute Gasteiger partial charge is 0.459 e. The highest BCUT2D eigenvalue weighted by Crippen LogP contribution is 2.29. The molecular formula is C20H17N3O2S. The van der Waals surface area contributed by atoms with Crippen LogP contribution in [0.1, 0.15) is 34.8 Å². The number of benzene rings is 1. The molecule has 0 aliphatic rings. The van der Waals surface area contributed by atoms with Crippen molar-refractivity contribution in [2.24, 2.45) is 0 Å². The Morgan fingerprint density at radius 3 is 2.77 bits per heavy atom. The van der Waals surface area contributed by atoms with Gasteiger partial charge in [-0.15, -0.1) is 11.3 Å². The number of hydrogen-bond acceptors (Lipinski definition) is 5. The summed E-state index contributed by atoms with van der Waals surface area (Å²) in [5, 5.41) is 6.51. The van der Waals surface area contributed by atoms with Crippen molar-refractivity contribution in [2.45, 2.75) is 19.9 Å². The summed E-state index contributed by atoms with van der Waals surface area (Å²) in [4.78, 5) is 21.2. The molecule has 1 N–H and O–H groups in total. The highest BCUT2D eigenvalue weighted by atomic mass is 32.1. The summed E-state index contributed by atoms with van der Waals surface area (Å²) >= 11 is 1.40. The zero-order valence-electron chi connectivity index (χ0n) is 14.4. The van der Waals surface area contributed by atoms with Gasteiger partial charge in [-0.05, 0) is 32.0 Å². The van der Waals surface area contributed by atoms with Gasteiger partial charge < -0.3 is 9.73 Å². The van der Waals surface area contributed by atoms with E-state index in [0.717, 1.165) is 33.0 Å². The molecule has 0 saturated carbocycles. The fraction of sp³-hybridized carbons (Fsp3) is 0.150. The van der Waals surface area contributed by atoms with Gasteiger partial charge >= 0.3 is 0 Å². The summed E-state index contributed by atoms with van der Waals surface area (Å²) in [6.07, 6.45) is 1.71. The molecular weight excluding hydrogens is 346 g/mol. The van der Waals surface area contributed by atoms with E-state index in [9.17, 15) is 4.79 Å². The molecule has 1 atom stereocenters. The monoisotopic (exact) mass is 363 g/mol. The number of thiazole rings is 1. The first-order valence-electron chi connectivity index (χ1n) is 8.29. The van der Waals surface area contributed by atoms with Crippen molar-refractivity contribution in [2.75, 3.05) is 0 Å². The minimum Gasteiger partial charge on any atom is -0.459 e. The van der Waals surface area contributed by atoms with E-state index in [4.69, 9.17) is 4.42 Å². The van der Waals surface area contributed by atoms with Gasteiger partial charge in [-0.3, -0.25) is 9.78 Å². The van der Waals surface area contributed by atoms with Gasteiger partial charge in [-0.1, -0.05) is 24.3 Å². The van der Waals surface area contributed by atoms with Crippen molar-refractivity contribution < 1.29 is 9.21 Å². The molecule has 0 radical (unpaired) electrons. The van der Waals surface area contributed by atoms with Gasteiger partial charge in [0.25, 0.3) is 5.91 Å². The normalized spacial score (nSPS) is 12.2. The molecule has 3 heterocycles. The fourth-order valence-electron chi connectivity index (χ4n) is 2.93. The molecule has 0 spiro atoms. The number of pyridine rings is 1. The standard InChI is InChI=1S/C20H17N3O2S/c1-12-14-7-3-4-9-17(14)25-18(12)13(2)22-19(24)16-11-26-20(23-16)15-8-5-6-10-21-15/h3-11,13H,1-2H3,(H,22,24)/t13-/m1/s1. The molecule has 0 saturated heterocycles. The molecule has 1 aromatic carbocycles. The number of amides is 1. The highest BCUT2D eigenvalue weighted by molar-refractivity contribution is 7.13. The van der Waals surface area contributed by atoms with E-state index in [1.807, 2.05) is 56.3 Å². The van der Waals surface area contributed by atoms with Crippen LogP contribution >= 0.6 is 11.3 Å². The van der Waals surface area contributed by atoms with E-state index in [1.54, 1.807) is 11.6 Å². The Bertz CT molecular complexity index is 1070. The van der Waals surface area contributed by atoms with Gasteiger partial charge in [0.05, 0.1) is 11.7 Å². The first-order valence-corrected chi connectivity index (χ1v) is 9.17. The van der Waals surface area contributed by atoms with Crippen LogP contribution in [0.25, 0.3) is 21.7 Å². The molecule has 3 aromatic heterocycles. The van der Waals surface area contributed by atoms with Gasteiger partial charge in [0.2, 0.25) is 0 Å². The van der Waals surface area contributed by atoms with Crippen molar-refractivity contribution in [3.8, 4) is 10.7 Å². The molecule has 0 bridgehead atoms. The summed E-state index contributed by atoms with van der Waals surface area (Å²) in [6, 6.07) is 13.2. The Hall–Kier alpha value is -2.99. The van der Waals surface area contributed by atoms with Crippen LogP contribution < -0.4 is 5.32 Å². The van der Waals surface area contributed by atoms with Crippen LogP contribution in [0.2, 0.25) is 0 Å². The molecule has 0 aliphatic carbocycles. The predicted octanol–water partition coefficient (Wildman–Crippen LogP) is 4.75. The molecule has 26 heavy (non-hydrogen) atoms. The minimum atomic E-state index is -0.255. The smallest absolute Gasteiger partial charge is 0.271 e. The Morgan fingerprint density at radius 1 is 1.19 bits per heavy atom. The molecule has 6 heteroatoms. The Kier molecular flexibility index (Phi) is 4.26. The number of nitrogens with zero attached hydrogens (tertiary/aromatic N) is 2. The Labute approximate surface area is 154 Å². The topological polar surface area (TPSA) is 68.0 Å². The van der Waals surface area contributed by atoms with E-state index in [0.29, 0.717) is 5.69 Å². The van der Waals surface area contributed by atoms with Crippen LogP contribution in [0, 0.1) is 6.92 Å². The van der Waals surface area contributed by atoms with Gasteiger partial charge in [-0.2, -0.15) is 0 Å². The molecule has 4 aromatic rings. The number of aryl methyl sites for hydroxylation is 1. The van der Waals surface area contributed by atoms with Crippen LogP contribution in [0.3, 0.4) is 0 Å². The molecule has 0 aliphatic heterocycles. The zero-order valence-corrected chi connectivity index (χ0v) is 15.2. The fourth-order valence-corrected chi connectivity index (χ4v) is 3.70. The van der Waals surface area contributed by atoms with E-state index in [2.05, 4.69) is 15.3 Å². The van der Waals surface area contributed by atoms with Gasteiger partial charge in [0.15, 0.2) is 0 Å². The second kappa shape index (κ2) is 6.72. The summed E-state index contributed by atoms with van der Waals surface area (Å²) in [5.74, 6) is 0.538. The number of nitrogens with one attached hydrogen (secondary N) is 1. The van der Waals surface area contributed by atoms with Crippen LogP contribution in [0.4, 0.5) is 0 Å². The van der Waals surface area contributed by atoms with Crippen LogP contribution in [-0.4, -0.2) is 15.9 Å². The molecule has 0 unspecified atom stereocenters. The summed E-state index contributed by atoms with van der Waals surface area (Å²) in [7, 11) is 0. The first kappa shape index (κ1) is 16.5. The number of aromatic nitrogens is 2. The number of hydrogen-bond donors (Lipinski definition) is 1. The van der Waals surface area contributed by atoms with Crippen molar-refractivity contribution >= 4 is 28.2 Å². The highest BCUT2D eigenvalue weighted by Gasteiger charge is 2.20. The number of furan rings is 1. The molecule has 5 nitrogen and oxygen atoms in total. The lowest BCUT2D eigenvalue weighted by molar-refractivity contribution is 0.0931. The van der Waals surface area contributed by atoms with Crippen molar-refractivity contribution in [1.29, 1.82) is 0 Å². The lowest BCUT2D eigenvalue weighted by Gasteiger charge is -2.11. The number of rotatable bonds is 4. The molecule has 1 amide bonds. The van der Waals surface area contributed by atoms with Crippen LogP contribution in [0.15, 0.2) is 58.5 Å². The van der Waals surface area contributed by atoms with E-state index < -0.39 is 0 Å². The van der Waals surface area contributed by atoms with Crippen LogP contribution in [0.5, 0.6) is 0 Å².